The zero-order valence-corrected chi connectivity index (χ0v) is 15.5. The van der Waals surface area contributed by atoms with Crippen LogP contribution < -0.4 is 10.9 Å². The van der Waals surface area contributed by atoms with E-state index >= 15 is 0 Å². The van der Waals surface area contributed by atoms with Crippen molar-refractivity contribution in [3.05, 3.63) is 46.3 Å². The number of anilines is 1. The molecule has 2 aromatic heterocycles. The predicted molar refractivity (Wildman–Crippen MR) is 104 cm³/mol. The quantitative estimate of drug-likeness (QED) is 0.511. The lowest BCUT2D eigenvalue weighted by molar-refractivity contribution is -0.120. The van der Waals surface area contributed by atoms with Gasteiger partial charge in [0.1, 0.15) is 11.4 Å². The van der Waals surface area contributed by atoms with E-state index in [4.69, 9.17) is 4.42 Å². The number of hydrogen-bond donors (Lipinski definition) is 1. The number of fused-ring (bicyclic) bond motifs is 3. The van der Waals surface area contributed by atoms with Gasteiger partial charge in [0.2, 0.25) is 5.91 Å². The third kappa shape index (κ3) is 3.47. The molecule has 5 nitrogen and oxygen atoms in total. The molecule has 1 N–H and O–H groups in total. The summed E-state index contributed by atoms with van der Waals surface area (Å²) >= 11 is 0. The minimum Gasteiger partial charge on any atom is -0.422 e. The molecule has 0 spiro atoms. The van der Waals surface area contributed by atoms with Crippen LogP contribution in [-0.2, 0) is 4.79 Å². The number of aryl methyl sites for hydroxylation is 1. The first kappa shape index (κ1) is 18.1. The van der Waals surface area contributed by atoms with Gasteiger partial charge in [-0.3, -0.25) is 4.79 Å². The molecule has 0 aliphatic carbocycles. The molecule has 0 saturated heterocycles. The smallest absolute Gasteiger partial charge is 0.346 e. The molecular formula is C21H24N2O3. The first-order valence-electron chi connectivity index (χ1n) is 9.19. The maximum Gasteiger partial charge on any atom is 0.346 e. The highest BCUT2D eigenvalue weighted by Crippen LogP contribution is 2.25. The average Bonchev–Trinajstić information content (AvgIpc) is 2.61. The summed E-state index contributed by atoms with van der Waals surface area (Å²) in [7, 11) is 0. The van der Waals surface area contributed by atoms with Crippen LogP contribution in [0.3, 0.4) is 0 Å². The lowest BCUT2D eigenvalue weighted by Crippen LogP contribution is -2.23. The van der Waals surface area contributed by atoms with Gasteiger partial charge in [-0.25, -0.2) is 9.78 Å². The highest BCUT2D eigenvalue weighted by molar-refractivity contribution is 6.04. The molecular weight excluding hydrogens is 328 g/mol. The first-order valence-corrected chi connectivity index (χ1v) is 9.19. The number of nitrogens with zero attached hydrogens (tertiary/aromatic N) is 1. The van der Waals surface area contributed by atoms with E-state index in [2.05, 4.69) is 24.1 Å². The van der Waals surface area contributed by atoms with Crippen LogP contribution in [0.15, 0.2) is 39.5 Å². The van der Waals surface area contributed by atoms with Crippen molar-refractivity contribution in [2.45, 2.75) is 46.5 Å². The number of rotatable bonds is 6. The molecule has 136 valence electrons. The van der Waals surface area contributed by atoms with E-state index in [-0.39, 0.29) is 11.8 Å². The molecule has 3 aromatic rings. The molecule has 26 heavy (non-hydrogen) atoms. The number of para-hydroxylation sites is 1. The molecule has 1 aromatic carbocycles. The van der Waals surface area contributed by atoms with Crippen LogP contribution in [0.4, 0.5) is 5.82 Å². The topological polar surface area (TPSA) is 72.2 Å². The summed E-state index contributed by atoms with van der Waals surface area (Å²) < 4.78 is 5.40. The second-order valence-electron chi connectivity index (χ2n) is 6.70. The second-order valence-corrected chi connectivity index (χ2v) is 6.70. The molecule has 2 heterocycles. The van der Waals surface area contributed by atoms with Gasteiger partial charge in [0, 0.05) is 11.3 Å². The molecule has 0 radical (unpaired) electrons. The van der Waals surface area contributed by atoms with Crippen molar-refractivity contribution in [3.8, 4) is 0 Å². The maximum absolute atomic E-state index is 12.6. The summed E-state index contributed by atoms with van der Waals surface area (Å²) in [4.78, 5) is 29.5. The van der Waals surface area contributed by atoms with Gasteiger partial charge in [0.15, 0.2) is 0 Å². The standard InChI is InChI=1S/C21H24N2O3/c1-4-8-14(9-5-2)20(24)23-17-12-13(3)18-19(22-17)15-10-6-7-11-16(15)26-21(18)25/h6-7,10-12,14H,4-5,8-9H2,1-3H3,(H,22,23,24). The average molecular weight is 352 g/mol. The van der Waals surface area contributed by atoms with Crippen molar-refractivity contribution in [1.29, 1.82) is 0 Å². The number of nitrogens with one attached hydrogen (secondary N) is 1. The number of carbonyl (C=O) groups excluding carboxylic acids is 1. The van der Waals surface area contributed by atoms with E-state index in [0.29, 0.717) is 22.3 Å². The van der Waals surface area contributed by atoms with Crippen LogP contribution >= 0.6 is 0 Å². The third-order valence-corrected chi connectivity index (χ3v) is 4.66. The molecule has 0 fully saturated rings. The summed E-state index contributed by atoms with van der Waals surface area (Å²) in [6.45, 7) is 6.00. The molecule has 0 saturated carbocycles. The Morgan fingerprint density at radius 2 is 1.88 bits per heavy atom. The Hall–Kier alpha value is -2.69. The SMILES string of the molecule is CCCC(CCC)C(=O)Nc1cc(C)c2c(=O)oc3ccccc3c2n1. The summed E-state index contributed by atoms with van der Waals surface area (Å²) in [5, 5.41) is 4.17. The minimum absolute atomic E-state index is 0.00720. The van der Waals surface area contributed by atoms with Gasteiger partial charge in [-0.15, -0.1) is 0 Å². The fourth-order valence-electron chi connectivity index (χ4n) is 3.42. The Kier molecular flexibility index (Phi) is 5.35. The summed E-state index contributed by atoms with van der Waals surface area (Å²) in [6.07, 6.45) is 3.65. The number of benzene rings is 1. The first-order chi connectivity index (χ1) is 12.5. The molecule has 1 amide bonds. The second kappa shape index (κ2) is 7.68. The lowest BCUT2D eigenvalue weighted by atomic mass is 9.97. The van der Waals surface area contributed by atoms with Crippen LogP contribution in [-0.4, -0.2) is 10.9 Å². The van der Waals surface area contributed by atoms with Crippen LogP contribution in [0.1, 0.15) is 45.1 Å². The Morgan fingerprint density at radius 1 is 1.19 bits per heavy atom. The maximum atomic E-state index is 12.6. The van der Waals surface area contributed by atoms with Crippen molar-refractivity contribution in [2.24, 2.45) is 5.92 Å². The molecule has 3 rings (SSSR count). The van der Waals surface area contributed by atoms with Crippen LogP contribution in [0.5, 0.6) is 0 Å². The van der Waals surface area contributed by atoms with Crippen molar-refractivity contribution in [2.75, 3.05) is 5.32 Å². The molecule has 0 aliphatic heterocycles. The number of aromatic nitrogens is 1. The van der Waals surface area contributed by atoms with Gasteiger partial charge in [-0.2, -0.15) is 0 Å². The Morgan fingerprint density at radius 3 is 2.58 bits per heavy atom. The van der Waals surface area contributed by atoms with Gasteiger partial charge in [0.25, 0.3) is 0 Å². The number of carbonyl (C=O) groups is 1. The molecule has 0 bridgehead atoms. The van der Waals surface area contributed by atoms with Crippen LogP contribution in [0.25, 0.3) is 21.9 Å². The summed E-state index contributed by atoms with van der Waals surface area (Å²) in [6, 6.07) is 9.05. The summed E-state index contributed by atoms with van der Waals surface area (Å²) in [5.41, 5.74) is 1.40. The Labute approximate surface area is 152 Å². The van der Waals surface area contributed by atoms with E-state index in [1.807, 2.05) is 25.1 Å². The number of hydrogen-bond acceptors (Lipinski definition) is 4. The van der Waals surface area contributed by atoms with E-state index in [1.54, 1.807) is 12.1 Å². The van der Waals surface area contributed by atoms with E-state index in [9.17, 15) is 9.59 Å². The summed E-state index contributed by atoms with van der Waals surface area (Å²) in [5.74, 6) is 0.459. The molecule has 5 heteroatoms. The van der Waals surface area contributed by atoms with Crippen molar-refractivity contribution >= 4 is 33.6 Å². The largest absolute Gasteiger partial charge is 0.422 e. The van der Waals surface area contributed by atoms with Crippen molar-refractivity contribution in [3.63, 3.8) is 0 Å². The normalized spacial score (nSPS) is 11.4. The highest BCUT2D eigenvalue weighted by Gasteiger charge is 2.19. The monoisotopic (exact) mass is 352 g/mol. The Bertz CT molecular complexity index is 1000. The predicted octanol–water partition coefficient (Wildman–Crippen LogP) is 4.80. The Balaban J connectivity index is 2.06. The number of pyridine rings is 1. The van der Waals surface area contributed by atoms with Gasteiger partial charge in [-0.1, -0.05) is 38.8 Å². The van der Waals surface area contributed by atoms with Crippen molar-refractivity contribution in [1.82, 2.24) is 4.98 Å². The van der Waals surface area contributed by atoms with Gasteiger partial charge in [0.05, 0.1) is 10.9 Å². The van der Waals surface area contributed by atoms with Crippen molar-refractivity contribution < 1.29 is 9.21 Å². The number of amides is 1. The minimum atomic E-state index is -0.406. The van der Waals surface area contributed by atoms with Crippen LogP contribution in [0.2, 0.25) is 0 Å². The molecule has 0 aliphatic rings. The zero-order chi connectivity index (χ0) is 18.7. The highest BCUT2D eigenvalue weighted by atomic mass is 16.4. The van der Waals surface area contributed by atoms with Gasteiger partial charge in [-0.05, 0) is 43.5 Å². The van der Waals surface area contributed by atoms with E-state index < -0.39 is 5.63 Å². The molecule has 0 atom stereocenters. The van der Waals surface area contributed by atoms with Gasteiger partial charge < -0.3 is 9.73 Å². The zero-order valence-electron chi connectivity index (χ0n) is 15.5. The van der Waals surface area contributed by atoms with Crippen LogP contribution in [0, 0.1) is 12.8 Å². The lowest BCUT2D eigenvalue weighted by Gasteiger charge is -2.15. The fourth-order valence-corrected chi connectivity index (χ4v) is 3.42. The third-order valence-electron chi connectivity index (χ3n) is 4.66. The van der Waals surface area contributed by atoms with E-state index in [0.717, 1.165) is 36.6 Å². The fraction of sp³-hybridized carbons (Fsp3) is 0.381. The van der Waals surface area contributed by atoms with E-state index in [1.165, 1.54) is 0 Å². The molecule has 0 unspecified atom stereocenters. The van der Waals surface area contributed by atoms with Gasteiger partial charge >= 0.3 is 5.63 Å².